The largest absolute Gasteiger partial charge is 0.545 e. The molecule has 0 fully saturated rings. The fraction of sp³-hybridized carbons (Fsp3) is 0.462. The number of hydrogen-bond acceptors (Lipinski definition) is 4. The predicted molar refractivity (Wildman–Crippen MR) is 65.8 cm³/mol. The minimum atomic E-state index is -1.13. The van der Waals surface area contributed by atoms with Gasteiger partial charge < -0.3 is 25.4 Å². The van der Waals surface area contributed by atoms with Gasteiger partial charge in [-0.2, -0.15) is 0 Å². The van der Waals surface area contributed by atoms with Gasteiger partial charge in [0.2, 0.25) is 0 Å². The quantitative estimate of drug-likeness (QED) is 0.588. The van der Waals surface area contributed by atoms with Gasteiger partial charge in [0.25, 0.3) is 0 Å². The summed E-state index contributed by atoms with van der Waals surface area (Å²) in [5, 5.41) is 29.5. The Bertz CT molecular complexity index is 317. The molecule has 4 N–H and O–H groups in total. The molecular formula is C13H21NO4. The maximum atomic E-state index is 10.1. The Morgan fingerprint density at radius 2 is 1.61 bits per heavy atom. The van der Waals surface area contributed by atoms with Crippen molar-refractivity contribution in [3.63, 3.8) is 0 Å². The van der Waals surface area contributed by atoms with E-state index in [9.17, 15) is 9.90 Å². The second kappa shape index (κ2) is 9.58. The van der Waals surface area contributed by atoms with Crippen LogP contribution in [0.15, 0.2) is 30.3 Å². The van der Waals surface area contributed by atoms with Crippen molar-refractivity contribution < 1.29 is 25.4 Å². The van der Waals surface area contributed by atoms with E-state index in [0.29, 0.717) is 13.1 Å². The first kappa shape index (κ1) is 16.6. The summed E-state index contributed by atoms with van der Waals surface area (Å²) in [5.74, 6) is -1.13. The summed E-state index contributed by atoms with van der Waals surface area (Å²) >= 11 is 0. The Labute approximate surface area is 107 Å². The number of carboxylic acid groups (broad SMARTS) is 1. The van der Waals surface area contributed by atoms with Gasteiger partial charge in [0.15, 0.2) is 0 Å². The number of rotatable bonds is 5. The standard InChI is InChI=1S/C7H6O2.C6H15NO2/c8-7(9)6-4-2-1-3-5-6;1-5(8)3-7-4-6(2)9/h1-5H,(H,8,9);5-9H,3-4H2,1-2H3. The first-order valence-electron chi connectivity index (χ1n) is 5.87. The van der Waals surface area contributed by atoms with Gasteiger partial charge in [-0.05, 0) is 19.4 Å². The van der Waals surface area contributed by atoms with E-state index in [2.05, 4.69) is 0 Å². The van der Waals surface area contributed by atoms with E-state index in [1.165, 1.54) is 12.1 Å². The summed E-state index contributed by atoms with van der Waals surface area (Å²) in [6, 6.07) is 8.06. The van der Waals surface area contributed by atoms with E-state index in [1.807, 2.05) is 5.32 Å². The van der Waals surface area contributed by atoms with Crippen molar-refractivity contribution in [3.05, 3.63) is 35.9 Å². The molecule has 2 unspecified atom stereocenters. The first-order valence-corrected chi connectivity index (χ1v) is 5.87. The summed E-state index contributed by atoms with van der Waals surface area (Å²) in [6.45, 7) is 4.81. The van der Waals surface area contributed by atoms with Crippen LogP contribution in [-0.2, 0) is 0 Å². The minimum Gasteiger partial charge on any atom is -0.545 e. The highest BCUT2D eigenvalue weighted by molar-refractivity contribution is 5.85. The number of carbonyl (C=O) groups excluding carboxylic acids is 1. The van der Waals surface area contributed by atoms with Gasteiger partial charge in [-0.3, -0.25) is 0 Å². The molecule has 0 spiro atoms. The van der Waals surface area contributed by atoms with E-state index in [-0.39, 0.29) is 17.8 Å². The van der Waals surface area contributed by atoms with E-state index < -0.39 is 5.97 Å². The van der Waals surface area contributed by atoms with Crippen LogP contribution in [0.4, 0.5) is 0 Å². The molecular weight excluding hydrogens is 234 g/mol. The number of benzene rings is 1. The number of carboxylic acids is 1. The van der Waals surface area contributed by atoms with Gasteiger partial charge in [-0.15, -0.1) is 0 Å². The monoisotopic (exact) mass is 255 g/mol. The van der Waals surface area contributed by atoms with Crippen LogP contribution in [-0.4, -0.2) is 41.5 Å². The van der Waals surface area contributed by atoms with Crippen molar-refractivity contribution in [3.8, 4) is 0 Å². The van der Waals surface area contributed by atoms with Crippen molar-refractivity contribution in [1.29, 1.82) is 0 Å². The van der Waals surface area contributed by atoms with E-state index in [0.717, 1.165) is 0 Å². The van der Waals surface area contributed by atoms with Crippen LogP contribution in [0.25, 0.3) is 0 Å². The van der Waals surface area contributed by atoms with Gasteiger partial charge in [0, 0.05) is 0 Å². The smallest absolute Gasteiger partial charge is 0.102 e. The zero-order valence-corrected chi connectivity index (χ0v) is 10.7. The fourth-order valence-electron chi connectivity index (χ4n) is 1.15. The Hall–Kier alpha value is -1.43. The van der Waals surface area contributed by atoms with Crippen LogP contribution >= 0.6 is 0 Å². The van der Waals surface area contributed by atoms with Crippen molar-refractivity contribution in [2.45, 2.75) is 26.1 Å². The second-order valence-electron chi connectivity index (χ2n) is 4.11. The molecule has 18 heavy (non-hydrogen) atoms. The molecule has 5 nitrogen and oxygen atoms in total. The van der Waals surface area contributed by atoms with Crippen molar-refractivity contribution in [1.82, 2.24) is 0 Å². The molecule has 0 aliphatic carbocycles. The van der Waals surface area contributed by atoms with Crippen LogP contribution in [0, 0.1) is 0 Å². The second-order valence-corrected chi connectivity index (χ2v) is 4.11. The Morgan fingerprint density at radius 1 is 1.17 bits per heavy atom. The van der Waals surface area contributed by atoms with Gasteiger partial charge >= 0.3 is 0 Å². The van der Waals surface area contributed by atoms with Crippen LogP contribution in [0.1, 0.15) is 24.2 Å². The van der Waals surface area contributed by atoms with E-state index >= 15 is 0 Å². The third-order valence-electron chi connectivity index (χ3n) is 2.03. The topological polar surface area (TPSA) is 97.2 Å². The average molecular weight is 255 g/mol. The third kappa shape index (κ3) is 9.77. The van der Waals surface area contributed by atoms with Crippen LogP contribution in [0.3, 0.4) is 0 Å². The SMILES string of the molecule is CC(O)C[NH2+]CC(C)O.O=C([O-])c1ccccc1. The zero-order chi connectivity index (χ0) is 14.0. The number of nitrogens with two attached hydrogens (primary N) is 1. The summed E-state index contributed by atoms with van der Waals surface area (Å²) in [7, 11) is 0. The molecule has 1 aromatic rings. The van der Waals surface area contributed by atoms with Crippen molar-refractivity contribution in [2.75, 3.05) is 13.1 Å². The number of aliphatic hydroxyl groups excluding tert-OH is 2. The number of carbonyl (C=O) groups is 1. The third-order valence-corrected chi connectivity index (χ3v) is 2.03. The predicted octanol–water partition coefficient (Wildman–Crippen LogP) is -1.64. The zero-order valence-electron chi connectivity index (χ0n) is 10.7. The Morgan fingerprint density at radius 3 is 1.89 bits per heavy atom. The molecule has 2 atom stereocenters. The molecule has 0 bridgehead atoms. The van der Waals surface area contributed by atoms with E-state index in [1.54, 1.807) is 32.0 Å². The lowest BCUT2D eigenvalue weighted by atomic mass is 10.2. The summed E-state index contributed by atoms with van der Waals surface area (Å²) in [6.07, 6.45) is -0.549. The summed E-state index contributed by atoms with van der Waals surface area (Å²) < 4.78 is 0. The molecule has 102 valence electrons. The van der Waals surface area contributed by atoms with Gasteiger partial charge in [0.05, 0.1) is 18.2 Å². The number of quaternary nitrogens is 1. The number of aromatic carboxylic acids is 1. The highest BCUT2D eigenvalue weighted by Crippen LogP contribution is 1.94. The average Bonchev–Trinajstić information content (AvgIpc) is 2.30. The molecule has 0 radical (unpaired) electrons. The highest BCUT2D eigenvalue weighted by atomic mass is 16.4. The molecule has 0 aliphatic heterocycles. The lowest BCUT2D eigenvalue weighted by molar-refractivity contribution is -0.665. The first-order chi connectivity index (χ1) is 8.43. The van der Waals surface area contributed by atoms with E-state index in [4.69, 9.17) is 10.2 Å². The van der Waals surface area contributed by atoms with Crippen LogP contribution in [0.2, 0.25) is 0 Å². The highest BCUT2D eigenvalue weighted by Gasteiger charge is 1.99. The Kier molecular flexibility index (Phi) is 8.82. The van der Waals surface area contributed by atoms with Crippen LogP contribution in [0.5, 0.6) is 0 Å². The molecule has 5 heteroatoms. The number of hydrogen-bond donors (Lipinski definition) is 3. The number of aliphatic hydroxyl groups is 2. The van der Waals surface area contributed by atoms with Gasteiger partial charge in [0.1, 0.15) is 13.1 Å². The normalized spacial score (nSPS) is 13.1. The van der Waals surface area contributed by atoms with Crippen molar-refractivity contribution in [2.24, 2.45) is 0 Å². The molecule has 0 amide bonds. The maximum absolute atomic E-state index is 10.1. The lowest BCUT2D eigenvalue weighted by Crippen LogP contribution is -2.88. The van der Waals surface area contributed by atoms with Crippen molar-refractivity contribution >= 4 is 5.97 Å². The Balaban J connectivity index is 0.000000321. The molecule has 0 aromatic heterocycles. The molecule has 1 aromatic carbocycles. The van der Waals surface area contributed by atoms with Gasteiger partial charge in [-0.1, -0.05) is 30.3 Å². The van der Waals surface area contributed by atoms with Gasteiger partial charge in [-0.25, -0.2) is 0 Å². The molecule has 0 heterocycles. The summed E-state index contributed by atoms with van der Waals surface area (Å²) in [4.78, 5) is 10.1. The summed E-state index contributed by atoms with van der Waals surface area (Å²) in [5.41, 5.74) is 0.220. The minimum absolute atomic E-state index is 0.220. The molecule has 0 aliphatic rings. The lowest BCUT2D eigenvalue weighted by Gasteiger charge is -2.04. The molecule has 0 saturated heterocycles. The maximum Gasteiger partial charge on any atom is 0.102 e. The van der Waals surface area contributed by atoms with Crippen LogP contribution < -0.4 is 10.4 Å². The molecule has 1 rings (SSSR count). The fourth-order valence-corrected chi connectivity index (χ4v) is 1.15. The molecule has 0 saturated carbocycles.